The van der Waals surface area contributed by atoms with Gasteiger partial charge in [0.15, 0.2) is 11.5 Å². The molecule has 2 aromatic carbocycles. The highest BCUT2D eigenvalue weighted by atomic mass is 32.1. The van der Waals surface area contributed by atoms with Gasteiger partial charge in [-0.3, -0.25) is 4.79 Å². The van der Waals surface area contributed by atoms with Gasteiger partial charge in [-0.1, -0.05) is 18.2 Å². The van der Waals surface area contributed by atoms with Crippen LogP contribution in [-0.4, -0.2) is 36.1 Å². The Hall–Kier alpha value is -2.60. The zero-order valence-corrected chi connectivity index (χ0v) is 15.4. The maximum atomic E-state index is 12.5. The van der Waals surface area contributed by atoms with E-state index in [1.807, 2.05) is 43.4 Å². The van der Waals surface area contributed by atoms with E-state index in [0.29, 0.717) is 32.6 Å². The van der Waals surface area contributed by atoms with Gasteiger partial charge in [-0.05, 0) is 36.2 Å². The van der Waals surface area contributed by atoms with Crippen LogP contribution >= 0.6 is 11.3 Å². The van der Waals surface area contributed by atoms with Crippen LogP contribution in [0.3, 0.4) is 0 Å². The molecule has 1 aliphatic rings. The fourth-order valence-electron chi connectivity index (χ4n) is 2.96. The van der Waals surface area contributed by atoms with Crippen molar-refractivity contribution >= 4 is 27.5 Å². The molecule has 0 aliphatic carbocycles. The van der Waals surface area contributed by atoms with E-state index in [4.69, 9.17) is 9.47 Å². The maximum Gasteiger partial charge on any atom is 0.223 e. The number of carbonyl (C=O) groups is 1. The number of rotatable bonds is 5. The van der Waals surface area contributed by atoms with Crippen molar-refractivity contribution in [1.82, 2.24) is 9.88 Å². The van der Waals surface area contributed by atoms with E-state index >= 15 is 0 Å². The van der Waals surface area contributed by atoms with Gasteiger partial charge in [0.1, 0.15) is 18.2 Å². The number of aromatic nitrogens is 1. The van der Waals surface area contributed by atoms with Crippen molar-refractivity contribution in [3.05, 3.63) is 53.0 Å². The molecule has 0 fully saturated rings. The van der Waals surface area contributed by atoms with Crippen molar-refractivity contribution < 1.29 is 14.3 Å². The molecule has 0 bridgehead atoms. The number of para-hydroxylation sites is 1. The highest BCUT2D eigenvalue weighted by molar-refractivity contribution is 7.18. The van der Waals surface area contributed by atoms with Crippen LogP contribution in [0.4, 0.5) is 0 Å². The quantitative estimate of drug-likeness (QED) is 0.690. The van der Waals surface area contributed by atoms with Crippen molar-refractivity contribution in [2.75, 3.05) is 20.3 Å². The molecule has 0 atom stereocenters. The molecule has 134 valence electrons. The summed E-state index contributed by atoms with van der Waals surface area (Å²) in [5.74, 6) is 1.66. The van der Waals surface area contributed by atoms with Gasteiger partial charge in [-0.15, -0.1) is 11.3 Å². The smallest absolute Gasteiger partial charge is 0.223 e. The van der Waals surface area contributed by atoms with Gasteiger partial charge in [-0.2, -0.15) is 0 Å². The molecular weight excluding hydrogens is 348 g/mol. The van der Waals surface area contributed by atoms with Crippen molar-refractivity contribution in [3.63, 3.8) is 0 Å². The molecule has 4 rings (SSSR count). The van der Waals surface area contributed by atoms with Gasteiger partial charge in [-0.25, -0.2) is 4.98 Å². The number of benzene rings is 2. The second kappa shape index (κ2) is 7.33. The fraction of sp³-hybridized carbons (Fsp3) is 0.300. The van der Waals surface area contributed by atoms with Crippen LogP contribution in [0.1, 0.15) is 17.0 Å². The minimum Gasteiger partial charge on any atom is -0.486 e. The van der Waals surface area contributed by atoms with E-state index in [1.54, 1.807) is 16.2 Å². The monoisotopic (exact) mass is 368 g/mol. The number of aryl methyl sites for hydroxylation is 1. The summed E-state index contributed by atoms with van der Waals surface area (Å²) < 4.78 is 12.3. The topological polar surface area (TPSA) is 51.7 Å². The zero-order chi connectivity index (χ0) is 17.9. The van der Waals surface area contributed by atoms with Crippen molar-refractivity contribution in [2.45, 2.75) is 19.4 Å². The fourth-order valence-corrected chi connectivity index (χ4v) is 3.98. The number of hydrogen-bond donors (Lipinski definition) is 0. The lowest BCUT2D eigenvalue weighted by Crippen LogP contribution is -2.26. The van der Waals surface area contributed by atoms with Gasteiger partial charge in [0.25, 0.3) is 0 Å². The third-order valence-electron chi connectivity index (χ3n) is 4.37. The Morgan fingerprint density at radius 1 is 1.15 bits per heavy atom. The molecular formula is C20H20N2O3S. The summed E-state index contributed by atoms with van der Waals surface area (Å²) in [6.45, 7) is 1.70. The molecule has 1 amide bonds. The summed E-state index contributed by atoms with van der Waals surface area (Å²) in [6.07, 6.45) is 1.14. The van der Waals surface area contributed by atoms with Crippen LogP contribution < -0.4 is 9.47 Å². The van der Waals surface area contributed by atoms with Gasteiger partial charge in [0, 0.05) is 13.5 Å². The van der Waals surface area contributed by atoms with Crippen molar-refractivity contribution in [1.29, 1.82) is 0 Å². The van der Waals surface area contributed by atoms with Crippen LogP contribution in [0.15, 0.2) is 42.5 Å². The van der Waals surface area contributed by atoms with E-state index in [-0.39, 0.29) is 5.91 Å². The summed E-state index contributed by atoms with van der Waals surface area (Å²) in [4.78, 5) is 18.8. The lowest BCUT2D eigenvalue weighted by atomic mass is 10.1. The minimum atomic E-state index is 0.110. The van der Waals surface area contributed by atoms with Crippen LogP contribution in [0, 0.1) is 0 Å². The zero-order valence-electron chi connectivity index (χ0n) is 14.6. The third kappa shape index (κ3) is 3.65. The van der Waals surface area contributed by atoms with E-state index in [0.717, 1.165) is 32.3 Å². The molecule has 0 spiro atoms. The Bertz CT molecular complexity index is 905. The molecule has 1 aliphatic heterocycles. The Morgan fingerprint density at radius 2 is 1.96 bits per heavy atom. The van der Waals surface area contributed by atoms with Gasteiger partial charge in [0.05, 0.1) is 16.8 Å². The van der Waals surface area contributed by atoms with E-state index in [9.17, 15) is 4.79 Å². The highest BCUT2D eigenvalue weighted by Gasteiger charge is 2.15. The SMILES string of the molecule is CN(Cc1nc2ccccc2s1)C(=O)CCc1ccc2c(c1)OCCO2. The van der Waals surface area contributed by atoms with Crippen molar-refractivity contribution in [3.8, 4) is 11.5 Å². The minimum absolute atomic E-state index is 0.110. The molecule has 1 aromatic heterocycles. The van der Waals surface area contributed by atoms with Gasteiger partial charge in [0.2, 0.25) is 5.91 Å². The molecule has 0 radical (unpaired) electrons. The molecule has 0 saturated carbocycles. The molecule has 0 N–H and O–H groups in total. The molecule has 2 heterocycles. The van der Waals surface area contributed by atoms with Crippen molar-refractivity contribution in [2.24, 2.45) is 0 Å². The molecule has 26 heavy (non-hydrogen) atoms. The number of ether oxygens (including phenoxy) is 2. The van der Waals surface area contributed by atoms with Crippen LogP contribution in [0.2, 0.25) is 0 Å². The van der Waals surface area contributed by atoms with E-state index < -0.39 is 0 Å². The average molecular weight is 368 g/mol. The highest BCUT2D eigenvalue weighted by Crippen LogP contribution is 2.31. The predicted octanol–water partition coefficient (Wildman–Crippen LogP) is 3.66. The van der Waals surface area contributed by atoms with E-state index in [2.05, 4.69) is 11.1 Å². The number of hydrogen-bond acceptors (Lipinski definition) is 5. The summed E-state index contributed by atoms with van der Waals surface area (Å²) >= 11 is 1.64. The van der Waals surface area contributed by atoms with Crippen LogP contribution in [-0.2, 0) is 17.8 Å². The van der Waals surface area contributed by atoms with Gasteiger partial charge >= 0.3 is 0 Å². The molecule has 5 nitrogen and oxygen atoms in total. The lowest BCUT2D eigenvalue weighted by Gasteiger charge is -2.19. The lowest BCUT2D eigenvalue weighted by molar-refractivity contribution is -0.130. The summed E-state index contributed by atoms with van der Waals surface area (Å²) in [5.41, 5.74) is 2.07. The second-order valence-corrected chi connectivity index (χ2v) is 7.42. The Labute approximate surface area is 156 Å². The molecule has 6 heteroatoms. The third-order valence-corrected chi connectivity index (χ3v) is 5.39. The first kappa shape index (κ1) is 16.8. The standard InChI is InChI=1S/C20H20N2O3S/c1-22(13-19-21-15-4-2-3-5-18(15)26-19)20(23)9-7-14-6-8-16-17(12-14)25-11-10-24-16/h2-6,8,12H,7,9-11,13H2,1H3. The first-order chi connectivity index (χ1) is 12.7. The summed E-state index contributed by atoms with van der Waals surface area (Å²) in [7, 11) is 1.83. The molecule has 0 saturated heterocycles. The Kier molecular flexibility index (Phi) is 4.75. The van der Waals surface area contributed by atoms with Crippen LogP contribution in [0.25, 0.3) is 10.2 Å². The number of amides is 1. The molecule has 0 unspecified atom stereocenters. The summed E-state index contributed by atoms with van der Waals surface area (Å²) in [5, 5.41) is 0.960. The first-order valence-electron chi connectivity index (χ1n) is 8.66. The first-order valence-corrected chi connectivity index (χ1v) is 9.47. The van der Waals surface area contributed by atoms with E-state index in [1.165, 1.54) is 0 Å². The predicted molar refractivity (Wildman–Crippen MR) is 102 cm³/mol. The largest absolute Gasteiger partial charge is 0.486 e. The average Bonchev–Trinajstić information content (AvgIpc) is 3.08. The van der Waals surface area contributed by atoms with Gasteiger partial charge < -0.3 is 14.4 Å². The number of carbonyl (C=O) groups excluding carboxylic acids is 1. The normalized spacial score (nSPS) is 13.0. The molecule has 3 aromatic rings. The van der Waals surface area contributed by atoms with Crippen LogP contribution in [0.5, 0.6) is 11.5 Å². The number of fused-ring (bicyclic) bond motifs is 2. The second-order valence-electron chi connectivity index (χ2n) is 6.30. The Balaban J connectivity index is 1.35. The Morgan fingerprint density at radius 3 is 2.81 bits per heavy atom. The number of thiazole rings is 1. The maximum absolute atomic E-state index is 12.5. The summed E-state index contributed by atoms with van der Waals surface area (Å²) in [6, 6.07) is 13.9. The number of nitrogens with zero attached hydrogens (tertiary/aromatic N) is 2.